The molecule has 1 rings (SSSR count). The number of benzene rings is 1. The zero-order valence-corrected chi connectivity index (χ0v) is 10.3. The predicted octanol–water partition coefficient (Wildman–Crippen LogP) is 3.57. The van der Waals surface area contributed by atoms with Crippen molar-refractivity contribution in [2.45, 2.75) is 0 Å². The van der Waals surface area contributed by atoms with Crippen molar-refractivity contribution in [2.24, 2.45) is 0 Å². The molecule has 0 aliphatic rings. The molecule has 3 nitrogen and oxygen atoms in total. The minimum atomic E-state index is -1.03. The van der Waals surface area contributed by atoms with Gasteiger partial charge in [0, 0.05) is 17.2 Å². The number of halogens is 2. The van der Waals surface area contributed by atoms with E-state index in [9.17, 15) is 4.79 Å². The molecule has 0 aliphatic heterocycles. The highest BCUT2D eigenvalue weighted by Crippen LogP contribution is 2.29. The van der Waals surface area contributed by atoms with Crippen molar-refractivity contribution in [3.63, 3.8) is 0 Å². The van der Waals surface area contributed by atoms with Crippen molar-refractivity contribution in [3.05, 3.63) is 46.5 Å². The molecule has 0 fully saturated rings. The Morgan fingerprint density at radius 2 is 2.24 bits per heavy atom. The molecule has 0 amide bonds. The quantitative estimate of drug-likeness (QED) is 0.834. The Morgan fingerprint density at radius 1 is 1.47 bits per heavy atom. The van der Waals surface area contributed by atoms with Crippen LogP contribution < -0.4 is 4.74 Å². The highest BCUT2D eigenvalue weighted by Gasteiger charge is 2.05. The molecule has 0 aromatic heterocycles. The van der Waals surface area contributed by atoms with Crippen molar-refractivity contribution in [3.8, 4) is 5.75 Å². The summed E-state index contributed by atoms with van der Waals surface area (Å²) in [5, 5.41) is 8.98. The van der Waals surface area contributed by atoms with E-state index in [1.165, 1.54) is 11.6 Å². The molecule has 0 radical (unpaired) electrons. The smallest absolute Gasteiger partial charge is 0.328 e. The third kappa shape index (κ3) is 4.51. The van der Waals surface area contributed by atoms with E-state index in [4.69, 9.17) is 33.0 Å². The van der Waals surface area contributed by atoms with Crippen LogP contribution in [0.2, 0.25) is 5.02 Å². The SMILES string of the molecule is O=C(O)/C=C/c1cccc(Cl)c1OC/C=C/Cl. The van der Waals surface area contributed by atoms with Crippen LogP contribution in [-0.4, -0.2) is 17.7 Å². The van der Waals surface area contributed by atoms with Gasteiger partial charge in [-0.05, 0) is 18.2 Å². The van der Waals surface area contributed by atoms with Crippen molar-refractivity contribution in [2.75, 3.05) is 6.61 Å². The van der Waals surface area contributed by atoms with Gasteiger partial charge < -0.3 is 9.84 Å². The lowest BCUT2D eigenvalue weighted by Gasteiger charge is -2.08. The van der Waals surface area contributed by atoms with Crippen LogP contribution in [0, 0.1) is 0 Å². The second-order valence-corrected chi connectivity index (χ2v) is 3.66. The molecular weight excluding hydrogens is 263 g/mol. The van der Waals surface area contributed by atoms with E-state index < -0.39 is 5.97 Å². The summed E-state index contributed by atoms with van der Waals surface area (Å²) >= 11 is 11.3. The maximum Gasteiger partial charge on any atom is 0.328 e. The van der Waals surface area contributed by atoms with Gasteiger partial charge in [0.25, 0.3) is 0 Å². The van der Waals surface area contributed by atoms with E-state index >= 15 is 0 Å². The number of carboxylic acids is 1. The lowest BCUT2D eigenvalue weighted by atomic mass is 10.2. The van der Waals surface area contributed by atoms with Gasteiger partial charge in [0.15, 0.2) is 0 Å². The molecule has 0 saturated carbocycles. The molecule has 0 heterocycles. The van der Waals surface area contributed by atoms with E-state index in [1.807, 2.05) is 0 Å². The molecule has 90 valence electrons. The van der Waals surface area contributed by atoms with Crippen molar-refractivity contribution >= 4 is 35.2 Å². The Morgan fingerprint density at radius 3 is 2.88 bits per heavy atom. The van der Waals surface area contributed by atoms with E-state index in [1.54, 1.807) is 24.3 Å². The monoisotopic (exact) mass is 272 g/mol. The first-order valence-corrected chi connectivity index (χ1v) is 5.54. The second-order valence-electron chi connectivity index (χ2n) is 3.00. The summed E-state index contributed by atoms with van der Waals surface area (Å²) in [6.45, 7) is 0.265. The number of carbonyl (C=O) groups is 1. The Balaban J connectivity index is 2.95. The Kier molecular flexibility index (Phi) is 5.60. The summed E-state index contributed by atoms with van der Waals surface area (Å²) < 4.78 is 5.39. The van der Waals surface area contributed by atoms with Crippen LogP contribution in [-0.2, 0) is 4.79 Å². The fourth-order valence-corrected chi connectivity index (χ4v) is 1.45. The third-order valence-corrected chi connectivity index (χ3v) is 2.29. The van der Waals surface area contributed by atoms with Gasteiger partial charge in [0.05, 0.1) is 5.02 Å². The Labute approximate surface area is 109 Å². The van der Waals surface area contributed by atoms with Crippen LogP contribution in [0.1, 0.15) is 5.56 Å². The summed E-state index contributed by atoms with van der Waals surface area (Å²) in [7, 11) is 0. The Bertz CT molecular complexity index is 453. The summed E-state index contributed by atoms with van der Waals surface area (Å²) in [4.78, 5) is 10.4. The standard InChI is InChI=1S/C12H10Cl2O3/c13-7-2-8-17-12-9(5-6-11(15)16)3-1-4-10(12)14/h1-7H,8H2,(H,15,16)/b6-5+,7-2+. The van der Waals surface area contributed by atoms with Crippen molar-refractivity contribution < 1.29 is 14.6 Å². The molecule has 5 heteroatoms. The number of para-hydroxylation sites is 1. The van der Waals surface area contributed by atoms with E-state index in [0.717, 1.165) is 6.08 Å². The number of carboxylic acid groups (broad SMARTS) is 1. The number of rotatable bonds is 5. The average molecular weight is 273 g/mol. The van der Waals surface area contributed by atoms with Gasteiger partial charge in [0.2, 0.25) is 0 Å². The second kappa shape index (κ2) is 6.99. The molecule has 17 heavy (non-hydrogen) atoms. The highest BCUT2D eigenvalue weighted by atomic mass is 35.5. The lowest BCUT2D eigenvalue weighted by Crippen LogP contribution is -1.96. The van der Waals surface area contributed by atoms with Gasteiger partial charge in [-0.3, -0.25) is 0 Å². The first-order valence-electron chi connectivity index (χ1n) is 4.72. The van der Waals surface area contributed by atoms with Gasteiger partial charge in [-0.25, -0.2) is 4.79 Å². The van der Waals surface area contributed by atoms with E-state index in [0.29, 0.717) is 16.3 Å². The molecule has 1 N–H and O–H groups in total. The maximum atomic E-state index is 10.4. The molecule has 1 aromatic carbocycles. The minimum Gasteiger partial charge on any atom is -0.487 e. The van der Waals surface area contributed by atoms with Gasteiger partial charge in [0.1, 0.15) is 12.4 Å². The van der Waals surface area contributed by atoms with Crippen LogP contribution in [0.25, 0.3) is 6.08 Å². The number of aliphatic carboxylic acids is 1. The fourth-order valence-electron chi connectivity index (χ4n) is 1.14. The lowest BCUT2D eigenvalue weighted by molar-refractivity contribution is -0.131. The van der Waals surface area contributed by atoms with Crippen LogP contribution in [0.3, 0.4) is 0 Å². The zero-order chi connectivity index (χ0) is 12.7. The van der Waals surface area contributed by atoms with Gasteiger partial charge in [-0.15, -0.1) is 0 Å². The van der Waals surface area contributed by atoms with E-state index in [-0.39, 0.29) is 6.61 Å². The molecule has 0 bridgehead atoms. The fraction of sp³-hybridized carbons (Fsp3) is 0.0833. The summed E-state index contributed by atoms with van der Waals surface area (Å²) in [6, 6.07) is 5.10. The maximum absolute atomic E-state index is 10.4. The molecule has 0 atom stereocenters. The number of ether oxygens (including phenoxy) is 1. The van der Waals surface area contributed by atoms with Crippen LogP contribution in [0.4, 0.5) is 0 Å². The van der Waals surface area contributed by atoms with Gasteiger partial charge >= 0.3 is 5.97 Å². The van der Waals surface area contributed by atoms with Crippen LogP contribution in [0.15, 0.2) is 35.9 Å². The first kappa shape index (κ1) is 13.6. The highest BCUT2D eigenvalue weighted by molar-refractivity contribution is 6.32. The third-order valence-electron chi connectivity index (χ3n) is 1.82. The minimum absolute atomic E-state index is 0.265. The zero-order valence-electron chi connectivity index (χ0n) is 8.77. The first-order chi connectivity index (χ1) is 8.15. The number of hydrogen-bond acceptors (Lipinski definition) is 2. The predicted molar refractivity (Wildman–Crippen MR) is 68.6 cm³/mol. The summed E-state index contributed by atoms with van der Waals surface area (Å²) in [6.07, 6.45) is 4.06. The number of hydrogen-bond donors (Lipinski definition) is 1. The summed E-state index contributed by atoms with van der Waals surface area (Å²) in [5.74, 6) is -0.599. The normalized spacial score (nSPS) is 11.2. The molecule has 0 saturated heterocycles. The van der Waals surface area contributed by atoms with Crippen molar-refractivity contribution in [1.82, 2.24) is 0 Å². The molecule has 0 unspecified atom stereocenters. The van der Waals surface area contributed by atoms with Gasteiger partial charge in [-0.2, -0.15) is 0 Å². The van der Waals surface area contributed by atoms with Crippen LogP contribution >= 0.6 is 23.2 Å². The average Bonchev–Trinajstić information content (AvgIpc) is 2.29. The molecule has 0 aliphatic carbocycles. The molecule has 0 spiro atoms. The van der Waals surface area contributed by atoms with E-state index in [2.05, 4.69) is 0 Å². The molecular formula is C12H10Cl2O3. The molecule has 1 aromatic rings. The Hall–Kier alpha value is -1.45. The summed E-state index contributed by atoms with van der Waals surface area (Å²) in [5.41, 5.74) is 1.94. The van der Waals surface area contributed by atoms with Crippen molar-refractivity contribution in [1.29, 1.82) is 0 Å². The largest absolute Gasteiger partial charge is 0.487 e. The van der Waals surface area contributed by atoms with Gasteiger partial charge in [-0.1, -0.05) is 35.3 Å². The topological polar surface area (TPSA) is 46.5 Å². The van der Waals surface area contributed by atoms with Crippen LogP contribution in [0.5, 0.6) is 5.75 Å².